The van der Waals surface area contributed by atoms with Crippen LogP contribution in [-0.2, 0) is 4.74 Å². The highest BCUT2D eigenvalue weighted by Crippen LogP contribution is 2.37. The van der Waals surface area contributed by atoms with E-state index in [4.69, 9.17) is 19.7 Å². The van der Waals surface area contributed by atoms with Gasteiger partial charge in [0.15, 0.2) is 5.82 Å². The van der Waals surface area contributed by atoms with E-state index >= 15 is 0 Å². The molecule has 3 N–H and O–H groups in total. The molecule has 0 bridgehead atoms. The summed E-state index contributed by atoms with van der Waals surface area (Å²) in [5.41, 5.74) is 10.8. The minimum Gasteiger partial charge on any atom is -0.378 e. The third-order valence-corrected chi connectivity index (χ3v) is 8.26. The van der Waals surface area contributed by atoms with E-state index in [2.05, 4.69) is 64.8 Å². The predicted octanol–water partition coefficient (Wildman–Crippen LogP) is 8.20. The first-order valence-corrected chi connectivity index (χ1v) is 14.8. The van der Waals surface area contributed by atoms with Crippen molar-refractivity contribution in [3.63, 3.8) is 0 Å². The normalized spacial score (nSPS) is 18.7. The van der Waals surface area contributed by atoms with Crippen molar-refractivity contribution in [1.82, 2.24) is 24.9 Å². The van der Waals surface area contributed by atoms with Crippen molar-refractivity contribution in [3.05, 3.63) is 96.1 Å². The van der Waals surface area contributed by atoms with Gasteiger partial charge in [0.2, 0.25) is 0 Å². The van der Waals surface area contributed by atoms with Gasteiger partial charge in [0.25, 0.3) is 0 Å². The van der Waals surface area contributed by atoms with Gasteiger partial charge in [0.1, 0.15) is 5.69 Å². The minimum atomic E-state index is 0.275. The van der Waals surface area contributed by atoms with E-state index in [1.165, 1.54) is 5.56 Å². The van der Waals surface area contributed by atoms with Crippen LogP contribution < -0.4 is 10.6 Å². The van der Waals surface area contributed by atoms with E-state index < -0.39 is 0 Å². The maximum atomic E-state index is 5.89. The molecule has 6 aromatic rings. The molecule has 5 heterocycles. The van der Waals surface area contributed by atoms with Crippen LogP contribution in [0.15, 0.2) is 79.1 Å². The Morgan fingerprint density at radius 3 is 2.47 bits per heavy atom. The topological polar surface area (TPSA) is 101 Å². The number of nitrogens with zero attached hydrogens (tertiary/aromatic N) is 4. The largest absolute Gasteiger partial charge is 0.378 e. The van der Waals surface area contributed by atoms with Crippen LogP contribution in [0.2, 0.25) is 0 Å². The van der Waals surface area contributed by atoms with Gasteiger partial charge in [-0.1, -0.05) is 13.0 Å². The van der Waals surface area contributed by atoms with Gasteiger partial charge >= 0.3 is 0 Å². The number of nitrogens with one attached hydrogen (secondary N) is 3. The second kappa shape index (κ2) is 11.1. The molecule has 8 heteroatoms. The first-order chi connectivity index (χ1) is 20.9. The Labute approximate surface area is 251 Å². The summed E-state index contributed by atoms with van der Waals surface area (Å²) in [7, 11) is 0. The molecular weight excluding hydrogens is 534 g/mol. The Balaban J connectivity index is 1.13. The van der Waals surface area contributed by atoms with Gasteiger partial charge in [0, 0.05) is 40.0 Å². The van der Waals surface area contributed by atoms with Crippen LogP contribution in [0.1, 0.15) is 43.1 Å². The molecule has 0 spiro atoms. The first-order valence-electron chi connectivity index (χ1n) is 14.8. The molecule has 4 aromatic heterocycles. The molecule has 43 heavy (non-hydrogen) atoms. The Kier molecular flexibility index (Phi) is 6.99. The molecule has 8 nitrogen and oxygen atoms in total. The lowest BCUT2D eigenvalue weighted by Crippen LogP contribution is -2.29. The Hall–Kier alpha value is -4.82. The summed E-state index contributed by atoms with van der Waals surface area (Å²) in [6.07, 6.45) is 4.97. The Morgan fingerprint density at radius 1 is 0.791 bits per heavy atom. The molecule has 7 rings (SSSR count). The summed E-state index contributed by atoms with van der Waals surface area (Å²) in [5, 5.41) is 8.16. The summed E-state index contributed by atoms with van der Waals surface area (Å²) in [6, 6.07) is 22.9. The maximum absolute atomic E-state index is 5.89. The molecule has 0 radical (unpaired) electrons. The van der Waals surface area contributed by atoms with Crippen LogP contribution in [0, 0.1) is 19.8 Å². The average Bonchev–Trinajstić information content (AvgIpc) is 3.42. The van der Waals surface area contributed by atoms with Crippen molar-refractivity contribution in [2.24, 2.45) is 5.92 Å². The lowest BCUT2D eigenvalue weighted by Gasteiger charge is -2.33. The summed E-state index contributed by atoms with van der Waals surface area (Å²) >= 11 is 0. The molecule has 0 aliphatic carbocycles. The number of fused-ring (bicyclic) bond motifs is 2. The van der Waals surface area contributed by atoms with E-state index in [9.17, 15) is 0 Å². The van der Waals surface area contributed by atoms with Crippen LogP contribution in [0.4, 0.5) is 22.7 Å². The van der Waals surface area contributed by atoms with E-state index in [0.29, 0.717) is 11.8 Å². The van der Waals surface area contributed by atoms with Gasteiger partial charge in [-0.15, -0.1) is 0 Å². The zero-order valence-electron chi connectivity index (χ0n) is 24.8. The van der Waals surface area contributed by atoms with Crippen LogP contribution >= 0.6 is 0 Å². The zero-order chi connectivity index (χ0) is 29.5. The van der Waals surface area contributed by atoms with Gasteiger partial charge in [-0.25, -0.2) is 4.98 Å². The average molecular weight is 570 g/mol. The molecule has 3 atom stereocenters. The number of imidazole rings is 1. The van der Waals surface area contributed by atoms with Crippen molar-refractivity contribution < 1.29 is 4.74 Å². The van der Waals surface area contributed by atoms with Crippen LogP contribution in [0.25, 0.3) is 33.5 Å². The second-order valence-electron chi connectivity index (χ2n) is 11.7. The van der Waals surface area contributed by atoms with Crippen molar-refractivity contribution in [3.8, 4) is 11.5 Å². The minimum absolute atomic E-state index is 0.275. The van der Waals surface area contributed by atoms with Crippen LogP contribution in [0.5, 0.6) is 0 Å². The monoisotopic (exact) mass is 569 g/mol. The number of hydrogen-bond acceptors (Lipinski definition) is 7. The predicted molar refractivity (Wildman–Crippen MR) is 173 cm³/mol. The number of aromatic nitrogens is 5. The molecule has 1 aliphatic heterocycles. The van der Waals surface area contributed by atoms with E-state index in [-0.39, 0.29) is 6.10 Å². The molecule has 1 saturated heterocycles. The van der Waals surface area contributed by atoms with Gasteiger partial charge in [0.05, 0.1) is 41.1 Å². The highest BCUT2D eigenvalue weighted by atomic mass is 16.5. The van der Waals surface area contributed by atoms with E-state index in [1.807, 2.05) is 56.4 Å². The molecule has 0 saturated carbocycles. The van der Waals surface area contributed by atoms with Crippen LogP contribution in [0.3, 0.4) is 0 Å². The molecule has 1 unspecified atom stereocenters. The lowest BCUT2D eigenvalue weighted by molar-refractivity contribution is -0.0118. The number of ether oxygens (including phenoxy) is 1. The molecule has 1 fully saturated rings. The third kappa shape index (κ3) is 5.66. The zero-order valence-corrected chi connectivity index (χ0v) is 24.8. The second-order valence-corrected chi connectivity index (χ2v) is 11.7. The molecule has 1 aliphatic rings. The fourth-order valence-electron chi connectivity index (χ4n) is 6.03. The summed E-state index contributed by atoms with van der Waals surface area (Å²) in [5.74, 6) is 1.68. The molecular formula is C35H35N7O. The molecule has 0 amide bonds. The number of H-pyrrole nitrogens is 1. The SMILES string of the molecule is Cc1cc(Nc2ccc3nc(-c4ccc(Nc5cc(C)nc6ccc(C7C[C@H](C)OC[C@H]7C)cc56)cn4)[nH]c3c2)ccn1. The number of pyridine rings is 3. The van der Waals surface area contributed by atoms with Crippen molar-refractivity contribution in [2.45, 2.75) is 46.1 Å². The van der Waals surface area contributed by atoms with Crippen LogP contribution in [-0.4, -0.2) is 37.6 Å². The third-order valence-electron chi connectivity index (χ3n) is 8.26. The lowest BCUT2D eigenvalue weighted by atomic mass is 9.81. The number of rotatable bonds is 6. The van der Waals surface area contributed by atoms with Crippen molar-refractivity contribution in [1.29, 1.82) is 0 Å². The van der Waals surface area contributed by atoms with E-state index in [0.717, 1.165) is 80.6 Å². The Morgan fingerprint density at radius 2 is 1.63 bits per heavy atom. The summed E-state index contributed by atoms with van der Waals surface area (Å²) in [4.78, 5) is 22.0. The van der Waals surface area contributed by atoms with Gasteiger partial charge in [-0.05, 0) is 105 Å². The first kappa shape index (κ1) is 27.0. The quantitative estimate of drug-likeness (QED) is 0.186. The number of benzene rings is 2. The molecule has 216 valence electrons. The smallest absolute Gasteiger partial charge is 0.157 e. The number of aryl methyl sites for hydroxylation is 2. The highest BCUT2D eigenvalue weighted by molar-refractivity contribution is 5.94. The highest BCUT2D eigenvalue weighted by Gasteiger charge is 2.27. The standard InChI is InChI=1S/C35H35N7O/c1-20-19-43-23(4)15-28(20)24-5-8-30-29(16-24)33(14-22(3)38-30)40-27-7-10-32(37-18-27)35-41-31-9-6-25(17-34(31)42-35)39-26-11-12-36-21(2)13-26/h5-14,16-18,20,23,28H,15,19H2,1-4H3,(H,36,39)(H,38,40)(H,41,42)/t20-,23+,28?/m1/s1. The number of aromatic amines is 1. The van der Waals surface area contributed by atoms with Gasteiger partial charge in [-0.2, -0.15) is 0 Å². The van der Waals surface area contributed by atoms with E-state index in [1.54, 1.807) is 6.20 Å². The van der Waals surface area contributed by atoms with Crippen molar-refractivity contribution in [2.75, 3.05) is 17.2 Å². The van der Waals surface area contributed by atoms with Crippen molar-refractivity contribution >= 4 is 44.7 Å². The Bertz CT molecular complexity index is 1930. The number of anilines is 4. The fourth-order valence-corrected chi connectivity index (χ4v) is 6.03. The number of hydrogen-bond donors (Lipinski definition) is 3. The van der Waals surface area contributed by atoms with Gasteiger partial charge < -0.3 is 20.4 Å². The fraction of sp³-hybridized carbons (Fsp3) is 0.257. The molecule has 2 aromatic carbocycles. The summed E-state index contributed by atoms with van der Waals surface area (Å²) in [6.45, 7) is 9.26. The van der Waals surface area contributed by atoms with Gasteiger partial charge in [-0.3, -0.25) is 15.0 Å². The maximum Gasteiger partial charge on any atom is 0.157 e. The summed E-state index contributed by atoms with van der Waals surface area (Å²) < 4.78 is 5.89.